The van der Waals surface area contributed by atoms with E-state index in [-0.39, 0.29) is 25.7 Å². The van der Waals surface area contributed by atoms with Gasteiger partial charge in [-0.05, 0) is 36.1 Å². The SMILES string of the molecule is C[C@@H](C(=O)O)N(C)C(=O)C1(C)COCC1NC(=O)OCC1c2ccccc2-c2ccccc21. The molecular weight excluding hydrogens is 424 g/mol. The first-order valence-electron chi connectivity index (χ1n) is 10.9. The van der Waals surface area contributed by atoms with Gasteiger partial charge in [-0.2, -0.15) is 0 Å². The van der Waals surface area contributed by atoms with E-state index < -0.39 is 35.5 Å². The van der Waals surface area contributed by atoms with Crippen molar-refractivity contribution in [1.29, 1.82) is 0 Å². The van der Waals surface area contributed by atoms with Crippen molar-refractivity contribution in [2.45, 2.75) is 31.8 Å². The Morgan fingerprint density at radius 3 is 2.30 bits per heavy atom. The number of rotatable bonds is 6. The van der Waals surface area contributed by atoms with Crippen molar-refractivity contribution in [3.8, 4) is 11.1 Å². The summed E-state index contributed by atoms with van der Waals surface area (Å²) in [6, 6.07) is 14.5. The Morgan fingerprint density at radius 2 is 1.73 bits per heavy atom. The van der Waals surface area contributed by atoms with Gasteiger partial charge in [0.15, 0.2) is 0 Å². The number of carboxylic acid groups (broad SMARTS) is 1. The molecule has 1 aliphatic heterocycles. The molecule has 8 nitrogen and oxygen atoms in total. The summed E-state index contributed by atoms with van der Waals surface area (Å²) in [7, 11) is 1.44. The maximum Gasteiger partial charge on any atom is 0.407 e. The quantitative estimate of drug-likeness (QED) is 0.698. The number of benzene rings is 2. The van der Waals surface area contributed by atoms with E-state index in [0.717, 1.165) is 22.3 Å². The van der Waals surface area contributed by atoms with Gasteiger partial charge in [-0.25, -0.2) is 9.59 Å². The molecule has 2 aliphatic rings. The van der Waals surface area contributed by atoms with Gasteiger partial charge in [0.2, 0.25) is 5.91 Å². The van der Waals surface area contributed by atoms with Crippen LogP contribution in [0.4, 0.5) is 4.79 Å². The van der Waals surface area contributed by atoms with Crippen molar-refractivity contribution in [3.05, 3.63) is 59.7 Å². The predicted molar refractivity (Wildman–Crippen MR) is 121 cm³/mol. The number of nitrogens with one attached hydrogen (secondary N) is 1. The Bertz CT molecular complexity index is 1040. The van der Waals surface area contributed by atoms with E-state index in [4.69, 9.17) is 9.47 Å². The van der Waals surface area contributed by atoms with Crippen LogP contribution in [0.25, 0.3) is 11.1 Å². The molecule has 0 saturated carbocycles. The molecule has 2 unspecified atom stereocenters. The molecule has 2 aromatic carbocycles. The molecule has 0 spiro atoms. The highest BCUT2D eigenvalue weighted by Gasteiger charge is 2.49. The van der Waals surface area contributed by atoms with E-state index in [1.165, 1.54) is 18.9 Å². The summed E-state index contributed by atoms with van der Waals surface area (Å²) >= 11 is 0. The van der Waals surface area contributed by atoms with Crippen LogP contribution in [0.1, 0.15) is 30.9 Å². The molecule has 8 heteroatoms. The lowest BCUT2D eigenvalue weighted by Crippen LogP contribution is -2.56. The van der Waals surface area contributed by atoms with Crippen molar-refractivity contribution in [2.24, 2.45) is 5.41 Å². The molecule has 1 fully saturated rings. The Morgan fingerprint density at radius 1 is 1.15 bits per heavy atom. The molecule has 1 heterocycles. The molecule has 33 heavy (non-hydrogen) atoms. The molecule has 174 valence electrons. The monoisotopic (exact) mass is 452 g/mol. The average molecular weight is 453 g/mol. The number of aliphatic carboxylic acids is 1. The molecule has 2 N–H and O–H groups in total. The zero-order valence-corrected chi connectivity index (χ0v) is 18.9. The van der Waals surface area contributed by atoms with Gasteiger partial charge in [-0.3, -0.25) is 4.79 Å². The van der Waals surface area contributed by atoms with Crippen LogP contribution in [0.3, 0.4) is 0 Å². The van der Waals surface area contributed by atoms with Crippen molar-refractivity contribution in [1.82, 2.24) is 10.2 Å². The summed E-state index contributed by atoms with van der Waals surface area (Å²) in [5.41, 5.74) is 3.41. The van der Waals surface area contributed by atoms with E-state index in [1.807, 2.05) is 36.4 Å². The van der Waals surface area contributed by atoms with Gasteiger partial charge in [0.25, 0.3) is 0 Å². The van der Waals surface area contributed by atoms with E-state index in [1.54, 1.807) is 6.92 Å². The first-order valence-corrected chi connectivity index (χ1v) is 10.9. The van der Waals surface area contributed by atoms with Gasteiger partial charge < -0.3 is 24.8 Å². The highest BCUT2D eigenvalue weighted by atomic mass is 16.5. The van der Waals surface area contributed by atoms with Gasteiger partial charge in [-0.15, -0.1) is 0 Å². The van der Waals surface area contributed by atoms with Crippen LogP contribution in [0.2, 0.25) is 0 Å². The number of amides is 2. The zero-order chi connectivity index (χ0) is 23.8. The van der Waals surface area contributed by atoms with E-state index in [2.05, 4.69) is 17.4 Å². The van der Waals surface area contributed by atoms with Crippen LogP contribution in [-0.2, 0) is 19.1 Å². The number of carboxylic acids is 1. The number of ether oxygens (including phenoxy) is 2. The summed E-state index contributed by atoms with van der Waals surface area (Å²) in [6.45, 7) is 3.49. The number of fused-ring (bicyclic) bond motifs is 3. The Labute approximate surface area is 192 Å². The topological polar surface area (TPSA) is 105 Å². The first kappa shape index (κ1) is 22.8. The third-order valence-electron chi connectivity index (χ3n) is 6.84. The van der Waals surface area contributed by atoms with Crippen molar-refractivity contribution < 1.29 is 29.0 Å². The fraction of sp³-hybridized carbons (Fsp3) is 0.400. The lowest BCUT2D eigenvalue weighted by Gasteiger charge is -2.34. The zero-order valence-electron chi connectivity index (χ0n) is 18.9. The minimum atomic E-state index is -1.10. The smallest absolute Gasteiger partial charge is 0.407 e. The predicted octanol–water partition coefficient (Wildman–Crippen LogP) is 2.86. The van der Waals surface area contributed by atoms with Gasteiger partial charge in [0.1, 0.15) is 12.6 Å². The van der Waals surface area contributed by atoms with Crippen LogP contribution in [0.5, 0.6) is 0 Å². The molecule has 1 aliphatic carbocycles. The molecule has 1 saturated heterocycles. The molecule has 0 radical (unpaired) electrons. The third-order valence-corrected chi connectivity index (χ3v) is 6.84. The summed E-state index contributed by atoms with van der Waals surface area (Å²) in [5.74, 6) is -1.58. The van der Waals surface area contributed by atoms with E-state index in [0.29, 0.717) is 0 Å². The first-order chi connectivity index (χ1) is 15.7. The molecule has 0 bridgehead atoms. The maximum absolute atomic E-state index is 13.0. The van der Waals surface area contributed by atoms with E-state index in [9.17, 15) is 19.5 Å². The van der Waals surface area contributed by atoms with Crippen LogP contribution in [-0.4, -0.2) is 66.9 Å². The fourth-order valence-electron chi connectivity index (χ4n) is 4.61. The van der Waals surface area contributed by atoms with Crippen LogP contribution < -0.4 is 5.32 Å². The van der Waals surface area contributed by atoms with Crippen LogP contribution in [0, 0.1) is 5.41 Å². The maximum atomic E-state index is 13.0. The standard InChI is InChI=1S/C25H28N2O6/c1-15(22(28)29)27(3)23(30)25(2)14-32-13-21(25)26-24(31)33-12-20-18-10-6-4-8-16(18)17-9-5-7-11-19(17)20/h4-11,15,20-21H,12-14H2,1-3H3,(H,26,31)(H,28,29)/t15-,21?,25?/m0/s1. The Balaban J connectivity index is 1.43. The molecule has 2 aromatic rings. The molecule has 2 amide bonds. The number of hydrogen-bond donors (Lipinski definition) is 2. The fourth-order valence-corrected chi connectivity index (χ4v) is 4.61. The molecule has 4 rings (SSSR count). The third kappa shape index (κ3) is 4.06. The molecule has 3 atom stereocenters. The van der Waals surface area contributed by atoms with Crippen LogP contribution in [0.15, 0.2) is 48.5 Å². The Kier molecular flexibility index (Phi) is 6.12. The van der Waals surface area contributed by atoms with Gasteiger partial charge >= 0.3 is 12.1 Å². The highest BCUT2D eigenvalue weighted by Crippen LogP contribution is 2.44. The number of carbonyl (C=O) groups is 3. The number of likely N-dealkylation sites (N-methyl/N-ethyl adjacent to an activating group) is 1. The summed E-state index contributed by atoms with van der Waals surface area (Å²) < 4.78 is 11.1. The lowest BCUT2D eigenvalue weighted by molar-refractivity contribution is -0.153. The largest absolute Gasteiger partial charge is 0.480 e. The van der Waals surface area contributed by atoms with Gasteiger partial charge in [0, 0.05) is 13.0 Å². The minimum absolute atomic E-state index is 0.0708. The summed E-state index contributed by atoms with van der Waals surface area (Å²) in [4.78, 5) is 38.2. The lowest BCUT2D eigenvalue weighted by atomic mass is 9.83. The number of hydrogen-bond acceptors (Lipinski definition) is 5. The van der Waals surface area contributed by atoms with Crippen LogP contribution >= 0.6 is 0 Å². The summed E-state index contributed by atoms with van der Waals surface area (Å²) in [6.07, 6.45) is -0.639. The van der Waals surface area contributed by atoms with Gasteiger partial charge in [0.05, 0.1) is 24.7 Å². The second-order valence-corrected chi connectivity index (χ2v) is 8.89. The highest BCUT2D eigenvalue weighted by molar-refractivity contribution is 5.88. The average Bonchev–Trinajstić information content (AvgIpc) is 3.34. The minimum Gasteiger partial charge on any atom is -0.480 e. The van der Waals surface area contributed by atoms with Crippen molar-refractivity contribution in [2.75, 3.05) is 26.9 Å². The second-order valence-electron chi connectivity index (χ2n) is 8.89. The number of carbonyl (C=O) groups excluding carboxylic acids is 2. The normalized spacial score (nSPS) is 22.2. The Hall–Kier alpha value is -3.39. The summed E-state index contributed by atoms with van der Waals surface area (Å²) in [5, 5.41) is 12.0. The molecule has 0 aromatic heterocycles. The van der Waals surface area contributed by atoms with Crippen molar-refractivity contribution >= 4 is 18.0 Å². The van der Waals surface area contributed by atoms with Gasteiger partial charge in [-0.1, -0.05) is 48.5 Å². The van der Waals surface area contributed by atoms with E-state index >= 15 is 0 Å². The number of nitrogens with zero attached hydrogens (tertiary/aromatic N) is 1. The van der Waals surface area contributed by atoms with Crippen molar-refractivity contribution in [3.63, 3.8) is 0 Å². The second kappa shape index (κ2) is 8.86. The number of alkyl carbamates (subject to hydrolysis) is 1. The molecular formula is C25H28N2O6.